The van der Waals surface area contributed by atoms with E-state index in [1.807, 2.05) is 6.92 Å². The van der Waals surface area contributed by atoms with Crippen LogP contribution >= 0.6 is 0 Å². The van der Waals surface area contributed by atoms with Gasteiger partial charge in [-0.15, -0.1) is 0 Å². The fraction of sp³-hybridized carbons (Fsp3) is 0.800. The standard InChI is InChI=1S/C30H42N2O3/c1-18(2)23-14-24-26-29(24,25-11-9-20(35-25)16-32-12-6-5-7-13-32)15-21-19(3)8-10-22(21)28(4,17-31)30(23,26)27(33)34/h5-6,14,18-22,24-26H,7-13,15-16H2,1-4H3,(H,33,34)/t19-,20?,21-,22-,24?,25?,26?,28?,29?,30?/m1/s1. The summed E-state index contributed by atoms with van der Waals surface area (Å²) in [7, 11) is 0. The molecule has 4 aliphatic carbocycles. The Hall–Kier alpha value is -1.64. The molecule has 1 saturated heterocycles. The fourth-order valence-corrected chi connectivity index (χ4v) is 10.1. The van der Waals surface area contributed by atoms with Crippen molar-refractivity contribution in [1.29, 1.82) is 5.26 Å². The number of nitriles is 1. The molecule has 0 aromatic carbocycles. The van der Waals surface area contributed by atoms with Crippen LogP contribution in [0, 0.1) is 63.1 Å². The Morgan fingerprint density at radius 3 is 2.74 bits per heavy atom. The molecule has 0 bridgehead atoms. The molecule has 2 aliphatic heterocycles. The zero-order valence-corrected chi connectivity index (χ0v) is 21.9. The summed E-state index contributed by atoms with van der Waals surface area (Å²) in [6.45, 7) is 11.7. The molecular formula is C30H42N2O3. The molecule has 2 heterocycles. The number of hydrogen-bond acceptors (Lipinski definition) is 4. The molecule has 0 amide bonds. The van der Waals surface area contributed by atoms with Crippen LogP contribution in [0.2, 0.25) is 0 Å². The Bertz CT molecular complexity index is 1010. The Labute approximate surface area is 210 Å². The summed E-state index contributed by atoms with van der Waals surface area (Å²) < 4.78 is 6.89. The third-order valence-corrected chi connectivity index (χ3v) is 11.6. The molecule has 4 fully saturated rings. The van der Waals surface area contributed by atoms with Crippen molar-refractivity contribution in [3.63, 3.8) is 0 Å². The maximum absolute atomic E-state index is 13.5. The molecule has 35 heavy (non-hydrogen) atoms. The summed E-state index contributed by atoms with van der Waals surface area (Å²) in [4.78, 5) is 16.0. The molecule has 7 unspecified atom stereocenters. The number of carboxylic acids is 1. The predicted octanol–water partition coefficient (Wildman–Crippen LogP) is 5.29. The van der Waals surface area contributed by atoms with E-state index in [1.54, 1.807) is 0 Å². The van der Waals surface area contributed by atoms with Crippen LogP contribution in [0.15, 0.2) is 23.8 Å². The van der Waals surface area contributed by atoms with Gasteiger partial charge in [0.2, 0.25) is 0 Å². The molecule has 1 N–H and O–H groups in total. The van der Waals surface area contributed by atoms with E-state index in [1.165, 1.54) is 0 Å². The molecule has 0 aromatic rings. The highest BCUT2D eigenvalue weighted by Gasteiger charge is 2.86. The summed E-state index contributed by atoms with van der Waals surface area (Å²) >= 11 is 0. The quantitative estimate of drug-likeness (QED) is 0.544. The number of fused-ring (bicyclic) bond motifs is 2. The molecule has 6 aliphatic rings. The van der Waals surface area contributed by atoms with Crippen LogP contribution in [0.25, 0.3) is 0 Å². The van der Waals surface area contributed by atoms with Crippen molar-refractivity contribution >= 4 is 5.97 Å². The molecule has 3 saturated carbocycles. The highest BCUT2D eigenvalue weighted by Crippen LogP contribution is 2.85. The summed E-state index contributed by atoms with van der Waals surface area (Å²) in [5.41, 5.74) is -1.08. The van der Waals surface area contributed by atoms with Crippen LogP contribution < -0.4 is 0 Å². The second-order valence-electron chi connectivity index (χ2n) is 13.2. The van der Waals surface area contributed by atoms with Crippen molar-refractivity contribution in [3.8, 4) is 6.07 Å². The van der Waals surface area contributed by atoms with Gasteiger partial charge in [-0.1, -0.05) is 51.0 Å². The van der Waals surface area contributed by atoms with Crippen LogP contribution in [-0.2, 0) is 9.53 Å². The van der Waals surface area contributed by atoms with Gasteiger partial charge >= 0.3 is 5.97 Å². The topological polar surface area (TPSA) is 73.6 Å². The van der Waals surface area contributed by atoms with Crippen molar-refractivity contribution < 1.29 is 14.6 Å². The van der Waals surface area contributed by atoms with Gasteiger partial charge in [-0.05, 0) is 74.5 Å². The van der Waals surface area contributed by atoms with E-state index in [0.29, 0.717) is 11.8 Å². The number of allylic oxidation sites excluding steroid dienone is 1. The lowest BCUT2D eigenvalue weighted by atomic mass is 9.52. The van der Waals surface area contributed by atoms with Gasteiger partial charge in [0, 0.05) is 25.0 Å². The highest BCUT2D eigenvalue weighted by atomic mass is 16.5. The van der Waals surface area contributed by atoms with Crippen LogP contribution in [0.5, 0.6) is 0 Å². The van der Waals surface area contributed by atoms with Gasteiger partial charge in [0.1, 0.15) is 5.41 Å². The summed E-state index contributed by atoms with van der Waals surface area (Å²) in [6.07, 6.45) is 13.5. The first-order valence-electron chi connectivity index (χ1n) is 14.1. The van der Waals surface area contributed by atoms with Gasteiger partial charge in [0.25, 0.3) is 0 Å². The van der Waals surface area contributed by atoms with Crippen molar-refractivity contribution in [2.75, 3.05) is 19.6 Å². The predicted molar refractivity (Wildman–Crippen MR) is 134 cm³/mol. The zero-order valence-electron chi connectivity index (χ0n) is 21.9. The van der Waals surface area contributed by atoms with E-state index in [2.05, 4.69) is 50.0 Å². The van der Waals surface area contributed by atoms with Gasteiger partial charge in [0.05, 0.1) is 23.7 Å². The smallest absolute Gasteiger partial charge is 0.315 e. The van der Waals surface area contributed by atoms with E-state index >= 15 is 0 Å². The van der Waals surface area contributed by atoms with Gasteiger partial charge in [-0.3, -0.25) is 9.69 Å². The molecule has 190 valence electrons. The lowest BCUT2D eigenvalue weighted by Gasteiger charge is -2.47. The maximum Gasteiger partial charge on any atom is 0.315 e. The van der Waals surface area contributed by atoms with E-state index in [4.69, 9.17) is 4.74 Å². The van der Waals surface area contributed by atoms with Crippen molar-refractivity contribution in [1.82, 2.24) is 4.90 Å². The molecule has 0 aromatic heterocycles. The Balaban J connectivity index is 1.41. The van der Waals surface area contributed by atoms with Gasteiger partial charge < -0.3 is 9.84 Å². The Morgan fingerprint density at radius 2 is 2.09 bits per heavy atom. The summed E-state index contributed by atoms with van der Waals surface area (Å²) in [5, 5.41) is 21.9. The minimum atomic E-state index is -1.09. The third kappa shape index (κ3) is 2.90. The average Bonchev–Trinajstić information content (AvgIpc) is 3.22. The third-order valence-electron chi connectivity index (χ3n) is 11.6. The van der Waals surface area contributed by atoms with Crippen molar-refractivity contribution in [3.05, 3.63) is 23.8 Å². The minimum absolute atomic E-state index is 0.00554. The molecule has 6 rings (SSSR count). The molecule has 5 nitrogen and oxygen atoms in total. The number of rotatable bonds is 5. The Morgan fingerprint density at radius 1 is 1.29 bits per heavy atom. The summed E-state index contributed by atoms with van der Waals surface area (Å²) in [5.74, 6) is 0.682. The van der Waals surface area contributed by atoms with Crippen LogP contribution in [-0.4, -0.2) is 47.8 Å². The number of carbonyl (C=O) groups is 1. The molecule has 0 spiro atoms. The molecular weight excluding hydrogens is 436 g/mol. The lowest BCUT2D eigenvalue weighted by Crippen LogP contribution is -2.53. The second kappa shape index (κ2) is 7.93. The van der Waals surface area contributed by atoms with Crippen molar-refractivity contribution in [2.24, 2.45) is 51.8 Å². The number of carboxylic acid groups (broad SMARTS) is 1. The van der Waals surface area contributed by atoms with E-state index in [-0.39, 0.29) is 41.3 Å². The first-order valence-corrected chi connectivity index (χ1v) is 14.1. The first-order chi connectivity index (χ1) is 16.7. The largest absolute Gasteiger partial charge is 0.481 e. The second-order valence-corrected chi connectivity index (χ2v) is 13.2. The number of aliphatic carboxylic acids is 1. The van der Waals surface area contributed by atoms with Gasteiger partial charge in [0.15, 0.2) is 0 Å². The zero-order chi connectivity index (χ0) is 24.8. The molecule has 0 radical (unpaired) electrons. The lowest BCUT2D eigenvalue weighted by molar-refractivity contribution is -0.157. The normalized spacial score (nSPS) is 50.4. The molecule has 10 atom stereocenters. The monoisotopic (exact) mass is 478 g/mol. The maximum atomic E-state index is 13.5. The van der Waals surface area contributed by atoms with Gasteiger partial charge in [-0.2, -0.15) is 5.26 Å². The van der Waals surface area contributed by atoms with Crippen molar-refractivity contribution in [2.45, 2.75) is 78.4 Å². The van der Waals surface area contributed by atoms with Crippen LogP contribution in [0.4, 0.5) is 0 Å². The minimum Gasteiger partial charge on any atom is -0.481 e. The fourth-order valence-electron chi connectivity index (χ4n) is 10.1. The Kier molecular flexibility index (Phi) is 5.38. The van der Waals surface area contributed by atoms with Crippen LogP contribution in [0.3, 0.4) is 0 Å². The number of ether oxygens (including phenoxy) is 1. The number of nitrogens with zero attached hydrogens (tertiary/aromatic N) is 2. The molecule has 5 heteroatoms. The SMILES string of the molecule is CC(C)C1=CC2C3C2(C2CCC(CN4CC=CCC4)O2)C[C@@H]2[C@H](C)CC[C@H]2C(C)(C#N)C13C(=O)O. The van der Waals surface area contributed by atoms with E-state index in [9.17, 15) is 15.2 Å². The highest BCUT2D eigenvalue weighted by molar-refractivity contribution is 5.84. The summed E-state index contributed by atoms with van der Waals surface area (Å²) in [6, 6.07) is 2.70. The van der Waals surface area contributed by atoms with E-state index in [0.717, 1.165) is 63.7 Å². The average molecular weight is 479 g/mol. The number of hydrogen-bond donors (Lipinski definition) is 1. The van der Waals surface area contributed by atoms with Gasteiger partial charge in [-0.25, -0.2) is 0 Å². The van der Waals surface area contributed by atoms with E-state index < -0.39 is 16.8 Å². The first kappa shape index (κ1) is 23.7. The van der Waals surface area contributed by atoms with Crippen LogP contribution in [0.1, 0.15) is 66.2 Å².